The molecule has 1 aromatic heterocycles. The molecule has 1 aromatic carbocycles. The lowest BCUT2D eigenvalue weighted by atomic mass is 9.99. The monoisotopic (exact) mass is 316 g/mol. The average Bonchev–Trinajstić information content (AvgIpc) is 2.94. The lowest BCUT2D eigenvalue weighted by Crippen LogP contribution is -2.41. The third-order valence-corrected chi connectivity index (χ3v) is 4.87. The van der Waals surface area contributed by atoms with Crippen LogP contribution in [0.2, 0.25) is 0 Å². The lowest BCUT2D eigenvalue weighted by molar-refractivity contribution is 0.192. The van der Waals surface area contributed by atoms with Crippen LogP contribution in [0.1, 0.15) is 34.3 Å². The van der Waals surface area contributed by atoms with Crippen molar-refractivity contribution >= 4 is 23.1 Å². The van der Waals surface area contributed by atoms with Gasteiger partial charge in [0, 0.05) is 24.7 Å². The van der Waals surface area contributed by atoms with Gasteiger partial charge in [0.15, 0.2) is 0 Å². The summed E-state index contributed by atoms with van der Waals surface area (Å²) in [6, 6.07) is 7.84. The van der Waals surface area contributed by atoms with Crippen LogP contribution in [-0.2, 0) is 0 Å². The molecule has 6 heteroatoms. The second-order valence-corrected chi connectivity index (χ2v) is 6.96. The Labute approximate surface area is 134 Å². The summed E-state index contributed by atoms with van der Waals surface area (Å²) in [7, 11) is 0. The van der Waals surface area contributed by atoms with E-state index in [-0.39, 0.29) is 6.03 Å². The van der Waals surface area contributed by atoms with Crippen LogP contribution in [0.5, 0.6) is 0 Å². The van der Waals surface area contributed by atoms with E-state index in [0.29, 0.717) is 12.5 Å². The number of amides is 2. The summed E-state index contributed by atoms with van der Waals surface area (Å²) in [4.78, 5) is 14.3. The number of piperidine rings is 1. The van der Waals surface area contributed by atoms with Gasteiger partial charge < -0.3 is 10.2 Å². The third-order valence-electron chi connectivity index (χ3n) is 3.87. The fraction of sp³-hybridized carbons (Fsp3) is 0.438. The molecular weight excluding hydrogens is 296 g/mol. The molecule has 5 nitrogen and oxygen atoms in total. The van der Waals surface area contributed by atoms with Gasteiger partial charge >= 0.3 is 6.03 Å². The number of urea groups is 1. The van der Waals surface area contributed by atoms with Gasteiger partial charge in [-0.05, 0) is 44.4 Å². The maximum atomic E-state index is 12.4. The number of carbonyl (C=O) groups excluding carboxylic acids is 1. The highest BCUT2D eigenvalue weighted by atomic mass is 32.1. The Balaban J connectivity index is 1.65. The number of nitrogens with zero attached hydrogens (tertiary/aromatic N) is 3. The van der Waals surface area contributed by atoms with Crippen LogP contribution in [0.25, 0.3) is 0 Å². The van der Waals surface area contributed by atoms with Crippen molar-refractivity contribution in [2.24, 2.45) is 0 Å². The minimum Gasteiger partial charge on any atom is -0.324 e. The van der Waals surface area contributed by atoms with E-state index < -0.39 is 0 Å². The van der Waals surface area contributed by atoms with Gasteiger partial charge in [-0.2, -0.15) is 0 Å². The van der Waals surface area contributed by atoms with E-state index in [1.807, 2.05) is 43.0 Å². The van der Waals surface area contributed by atoms with Crippen LogP contribution < -0.4 is 5.32 Å². The SMILES string of the molecule is Cc1cccc(NC(=O)N2CCCC(c3nnc(C)s3)C2)c1. The number of benzene rings is 1. The van der Waals surface area contributed by atoms with Gasteiger partial charge in [-0.1, -0.05) is 12.1 Å². The molecule has 2 amide bonds. The molecule has 1 aliphatic rings. The number of rotatable bonds is 2. The largest absolute Gasteiger partial charge is 0.324 e. The van der Waals surface area contributed by atoms with E-state index in [0.717, 1.165) is 40.7 Å². The summed E-state index contributed by atoms with van der Waals surface area (Å²) >= 11 is 1.63. The lowest BCUT2D eigenvalue weighted by Gasteiger charge is -2.31. The van der Waals surface area contributed by atoms with Crippen molar-refractivity contribution in [3.8, 4) is 0 Å². The van der Waals surface area contributed by atoms with Crippen molar-refractivity contribution in [3.63, 3.8) is 0 Å². The zero-order valence-corrected chi connectivity index (χ0v) is 13.7. The molecule has 1 saturated heterocycles. The normalized spacial score (nSPS) is 18.3. The summed E-state index contributed by atoms with van der Waals surface area (Å²) in [6.07, 6.45) is 2.08. The van der Waals surface area contributed by atoms with E-state index in [9.17, 15) is 4.79 Å². The summed E-state index contributed by atoms with van der Waals surface area (Å²) in [5.41, 5.74) is 1.98. The highest BCUT2D eigenvalue weighted by Gasteiger charge is 2.27. The fourth-order valence-electron chi connectivity index (χ4n) is 2.77. The van der Waals surface area contributed by atoms with Crippen molar-refractivity contribution in [1.82, 2.24) is 15.1 Å². The Kier molecular flexibility index (Phi) is 4.38. The van der Waals surface area contributed by atoms with Crippen LogP contribution in [0.3, 0.4) is 0 Å². The Morgan fingerprint density at radius 2 is 2.23 bits per heavy atom. The Morgan fingerprint density at radius 1 is 1.36 bits per heavy atom. The van der Waals surface area contributed by atoms with Gasteiger partial charge in [0.25, 0.3) is 0 Å². The van der Waals surface area contributed by atoms with Gasteiger partial charge in [-0.25, -0.2) is 4.79 Å². The van der Waals surface area contributed by atoms with Gasteiger partial charge in [0.1, 0.15) is 10.0 Å². The zero-order chi connectivity index (χ0) is 15.5. The first kappa shape index (κ1) is 15.0. The number of aromatic nitrogens is 2. The van der Waals surface area contributed by atoms with Gasteiger partial charge in [0.05, 0.1) is 0 Å². The highest BCUT2D eigenvalue weighted by molar-refractivity contribution is 7.11. The molecule has 0 aliphatic carbocycles. The fourth-order valence-corrected chi connectivity index (χ4v) is 3.59. The maximum absolute atomic E-state index is 12.4. The van der Waals surface area contributed by atoms with E-state index in [4.69, 9.17) is 0 Å². The summed E-state index contributed by atoms with van der Waals surface area (Å²) in [6.45, 7) is 5.49. The number of nitrogens with one attached hydrogen (secondary N) is 1. The standard InChI is InChI=1S/C16H20N4OS/c1-11-5-3-7-14(9-11)17-16(21)20-8-4-6-13(10-20)15-19-18-12(2)22-15/h3,5,7,9,13H,4,6,8,10H2,1-2H3,(H,17,21). The van der Waals surface area contributed by atoms with Gasteiger partial charge in [-0.15, -0.1) is 21.5 Å². The second-order valence-electron chi connectivity index (χ2n) is 5.74. The molecular formula is C16H20N4OS. The predicted octanol–water partition coefficient (Wildman–Crippen LogP) is 3.57. The van der Waals surface area contributed by atoms with E-state index in [1.165, 1.54) is 0 Å². The number of carbonyl (C=O) groups is 1. The molecule has 0 spiro atoms. The van der Waals surface area contributed by atoms with Crippen LogP contribution in [0.4, 0.5) is 10.5 Å². The number of hydrogen-bond donors (Lipinski definition) is 1. The minimum atomic E-state index is -0.0310. The van der Waals surface area contributed by atoms with Crippen molar-refractivity contribution in [2.45, 2.75) is 32.6 Å². The van der Waals surface area contributed by atoms with E-state index in [1.54, 1.807) is 11.3 Å². The molecule has 3 rings (SSSR count). The topological polar surface area (TPSA) is 58.1 Å². The molecule has 0 saturated carbocycles. The Morgan fingerprint density at radius 3 is 2.95 bits per heavy atom. The molecule has 116 valence electrons. The molecule has 0 radical (unpaired) electrons. The first-order chi connectivity index (χ1) is 10.6. The minimum absolute atomic E-state index is 0.0310. The number of anilines is 1. The van der Waals surface area contributed by atoms with E-state index in [2.05, 4.69) is 15.5 Å². The van der Waals surface area contributed by atoms with Crippen LogP contribution in [0.15, 0.2) is 24.3 Å². The van der Waals surface area contributed by atoms with Gasteiger partial charge in [0.2, 0.25) is 0 Å². The van der Waals surface area contributed by atoms with Crippen molar-refractivity contribution in [1.29, 1.82) is 0 Å². The van der Waals surface area contributed by atoms with E-state index >= 15 is 0 Å². The first-order valence-electron chi connectivity index (χ1n) is 7.54. The zero-order valence-electron chi connectivity index (χ0n) is 12.9. The first-order valence-corrected chi connectivity index (χ1v) is 8.36. The third kappa shape index (κ3) is 3.44. The molecule has 2 aromatic rings. The average molecular weight is 316 g/mol. The Bertz CT molecular complexity index is 670. The molecule has 1 fully saturated rings. The smallest absolute Gasteiger partial charge is 0.321 e. The molecule has 0 bridgehead atoms. The number of hydrogen-bond acceptors (Lipinski definition) is 4. The van der Waals surface area contributed by atoms with Crippen LogP contribution in [-0.4, -0.2) is 34.2 Å². The van der Waals surface area contributed by atoms with Crippen LogP contribution in [0, 0.1) is 13.8 Å². The molecule has 1 N–H and O–H groups in total. The van der Waals surface area contributed by atoms with Crippen LogP contribution >= 0.6 is 11.3 Å². The number of aryl methyl sites for hydroxylation is 2. The summed E-state index contributed by atoms with van der Waals surface area (Å²) in [5, 5.41) is 13.3. The summed E-state index contributed by atoms with van der Waals surface area (Å²) in [5.74, 6) is 0.309. The molecule has 1 aliphatic heterocycles. The van der Waals surface area contributed by atoms with Gasteiger partial charge in [-0.3, -0.25) is 0 Å². The predicted molar refractivity (Wildman–Crippen MR) is 88.4 cm³/mol. The molecule has 22 heavy (non-hydrogen) atoms. The Hall–Kier alpha value is -1.95. The highest BCUT2D eigenvalue weighted by Crippen LogP contribution is 2.29. The quantitative estimate of drug-likeness (QED) is 0.921. The maximum Gasteiger partial charge on any atom is 0.321 e. The molecule has 1 unspecified atom stereocenters. The molecule has 2 heterocycles. The van der Waals surface area contributed by atoms with Crippen molar-refractivity contribution in [2.75, 3.05) is 18.4 Å². The molecule has 1 atom stereocenters. The summed E-state index contributed by atoms with van der Waals surface area (Å²) < 4.78 is 0. The van der Waals surface area contributed by atoms with Crippen molar-refractivity contribution < 1.29 is 4.79 Å². The number of likely N-dealkylation sites (tertiary alicyclic amines) is 1. The second kappa shape index (κ2) is 6.44. The van der Waals surface area contributed by atoms with Crippen molar-refractivity contribution in [3.05, 3.63) is 39.8 Å².